The molecule has 0 N–H and O–H groups in total. The zero-order valence-electron chi connectivity index (χ0n) is 17.3. The van der Waals surface area contributed by atoms with Gasteiger partial charge in [0.15, 0.2) is 0 Å². The molecule has 1 saturated heterocycles. The van der Waals surface area contributed by atoms with Crippen molar-refractivity contribution >= 4 is 28.4 Å². The Morgan fingerprint density at radius 1 is 1.13 bits per heavy atom. The number of fused-ring (bicyclic) bond motifs is 1. The molecule has 0 aliphatic carbocycles. The minimum atomic E-state index is -0.223. The molecule has 1 aromatic heterocycles. The third-order valence-corrected chi connectivity index (χ3v) is 5.76. The van der Waals surface area contributed by atoms with Crippen LogP contribution in [0.2, 0.25) is 5.02 Å². The predicted molar refractivity (Wildman–Crippen MR) is 118 cm³/mol. The highest BCUT2D eigenvalue weighted by Crippen LogP contribution is 2.24. The first-order valence-corrected chi connectivity index (χ1v) is 10.6. The first kappa shape index (κ1) is 21.3. The number of carbonyl (C=O) groups excluding carboxylic acids is 1. The maximum Gasteiger partial charge on any atom is 0.277 e. The second-order valence-corrected chi connectivity index (χ2v) is 7.93. The summed E-state index contributed by atoms with van der Waals surface area (Å²) < 4.78 is 6.69. The van der Waals surface area contributed by atoms with Gasteiger partial charge in [-0.3, -0.25) is 14.5 Å². The number of carbonyl (C=O) groups is 1. The van der Waals surface area contributed by atoms with Gasteiger partial charge in [-0.05, 0) is 30.3 Å². The SMILES string of the molecule is COc1ccc(Cl)cc1CN1CCN(C(=O)CCn2nnc3ccccc3c2=O)CC1. The van der Waals surface area contributed by atoms with Crippen LogP contribution in [0.3, 0.4) is 0 Å². The summed E-state index contributed by atoms with van der Waals surface area (Å²) in [6, 6.07) is 12.7. The van der Waals surface area contributed by atoms with E-state index in [4.69, 9.17) is 16.3 Å². The van der Waals surface area contributed by atoms with E-state index >= 15 is 0 Å². The van der Waals surface area contributed by atoms with Crippen LogP contribution in [-0.2, 0) is 17.9 Å². The average molecular weight is 442 g/mol. The fourth-order valence-corrected chi connectivity index (χ4v) is 3.99. The average Bonchev–Trinajstić information content (AvgIpc) is 2.79. The molecule has 0 atom stereocenters. The quantitative estimate of drug-likeness (QED) is 0.583. The molecule has 0 unspecified atom stereocenters. The van der Waals surface area contributed by atoms with Crippen LogP contribution in [0.25, 0.3) is 10.9 Å². The van der Waals surface area contributed by atoms with Gasteiger partial charge in [0, 0.05) is 49.7 Å². The predicted octanol–water partition coefficient (Wildman–Crippen LogP) is 2.19. The van der Waals surface area contributed by atoms with Gasteiger partial charge in [-0.1, -0.05) is 28.9 Å². The van der Waals surface area contributed by atoms with Crippen molar-refractivity contribution in [3.8, 4) is 5.75 Å². The Balaban J connectivity index is 1.31. The number of halogens is 1. The van der Waals surface area contributed by atoms with E-state index in [0.29, 0.717) is 35.6 Å². The van der Waals surface area contributed by atoms with Gasteiger partial charge in [0.25, 0.3) is 5.56 Å². The fourth-order valence-electron chi connectivity index (χ4n) is 3.80. The number of ether oxygens (including phenoxy) is 1. The van der Waals surface area contributed by atoms with Gasteiger partial charge >= 0.3 is 0 Å². The van der Waals surface area contributed by atoms with Crippen molar-refractivity contribution in [2.24, 2.45) is 0 Å². The number of piperazine rings is 1. The van der Waals surface area contributed by atoms with Gasteiger partial charge in [-0.25, -0.2) is 4.68 Å². The molecule has 9 heteroatoms. The summed E-state index contributed by atoms with van der Waals surface area (Å²) in [5.41, 5.74) is 1.37. The van der Waals surface area contributed by atoms with Crippen LogP contribution in [0.1, 0.15) is 12.0 Å². The molecule has 2 heterocycles. The summed E-state index contributed by atoms with van der Waals surface area (Å²) in [6.45, 7) is 3.73. The number of aryl methyl sites for hydroxylation is 1. The normalized spacial score (nSPS) is 14.7. The van der Waals surface area contributed by atoms with Crippen molar-refractivity contribution < 1.29 is 9.53 Å². The Hall–Kier alpha value is -2.97. The van der Waals surface area contributed by atoms with Crippen LogP contribution in [0.5, 0.6) is 5.75 Å². The van der Waals surface area contributed by atoms with Crippen LogP contribution in [0.4, 0.5) is 0 Å². The van der Waals surface area contributed by atoms with Gasteiger partial charge in [-0.2, -0.15) is 0 Å². The van der Waals surface area contributed by atoms with Crippen LogP contribution in [0, 0.1) is 0 Å². The molecule has 0 spiro atoms. The maximum absolute atomic E-state index is 12.7. The van der Waals surface area contributed by atoms with Gasteiger partial charge in [0.2, 0.25) is 5.91 Å². The lowest BCUT2D eigenvalue weighted by atomic mass is 10.1. The molecule has 0 radical (unpaired) electrons. The topological polar surface area (TPSA) is 80.6 Å². The van der Waals surface area contributed by atoms with Gasteiger partial charge in [-0.15, -0.1) is 5.10 Å². The molecule has 4 rings (SSSR count). The van der Waals surface area contributed by atoms with Crippen molar-refractivity contribution in [2.45, 2.75) is 19.5 Å². The molecule has 3 aromatic rings. The number of nitrogens with zero attached hydrogens (tertiary/aromatic N) is 5. The standard InChI is InChI=1S/C22H24ClN5O3/c1-31-20-7-6-17(23)14-16(20)15-26-10-12-27(13-11-26)21(29)8-9-28-22(30)18-4-2-3-5-19(18)24-25-28/h2-7,14H,8-13,15H2,1H3. The summed E-state index contributed by atoms with van der Waals surface area (Å²) >= 11 is 6.12. The van der Waals surface area contributed by atoms with Crippen LogP contribution >= 0.6 is 11.6 Å². The van der Waals surface area contributed by atoms with Crippen molar-refractivity contribution in [2.75, 3.05) is 33.3 Å². The largest absolute Gasteiger partial charge is 0.496 e. The Morgan fingerprint density at radius 3 is 2.68 bits per heavy atom. The minimum Gasteiger partial charge on any atom is -0.496 e. The number of hydrogen-bond acceptors (Lipinski definition) is 6. The summed E-state index contributed by atoms with van der Waals surface area (Å²) in [6.07, 6.45) is 0.217. The minimum absolute atomic E-state index is 0.0156. The number of hydrogen-bond donors (Lipinski definition) is 0. The second-order valence-electron chi connectivity index (χ2n) is 7.50. The lowest BCUT2D eigenvalue weighted by Crippen LogP contribution is -2.48. The van der Waals surface area contributed by atoms with Crippen molar-refractivity contribution in [1.29, 1.82) is 0 Å². The van der Waals surface area contributed by atoms with Gasteiger partial charge < -0.3 is 9.64 Å². The van der Waals surface area contributed by atoms with E-state index in [1.54, 1.807) is 25.3 Å². The maximum atomic E-state index is 12.7. The van der Waals surface area contributed by atoms with E-state index in [0.717, 1.165) is 24.4 Å². The Kier molecular flexibility index (Phi) is 6.48. The molecule has 1 fully saturated rings. The van der Waals surface area contributed by atoms with E-state index in [9.17, 15) is 9.59 Å². The van der Waals surface area contributed by atoms with E-state index in [1.165, 1.54) is 4.68 Å². The first-order valence-electron chi connectivity index (χ1n) is 10.2. The third kappa shape index (κ3) is 4.86. The first-order chi connectivity index (χ1) is 15.0. The summed E-state index contributed by atoms with van der Waals surface area (Å²) in [5.74, 6) is 0.826. The highest BCUT2D eigenvalue weighted by Gasteiger charge is 2.22. The van der Waals surface area contributed by atoms with Crippen molar-refractivity contribution in [3.05, 3.63) is 63.4 Å². The molecule has 8 nitrogen and oxygen atoms in total. The number of benzene rings is 2. The number of rotatable bonds is 6. The Labute approximate surface area is 185 Å². The molecule has 162 valence electrons. The molecule has 31 heavy (non-hydrogen) atoms. The van der Waals surface area contributed by atoms with E-state index in [-0.39, 0.29) is 24.4 Å². The van der Waals surface area contributed by atoms with Crippen LogP contribution in [0.15, 0.2) is 47.3 Å². The summed E-state index contributed by atoms with van der Waals surface area (Å²) in [4.78, 5) is 29.3. The van der Waals surface area contributed by atoms with Gasteiger partial charge in [0.1, 0.15) is 11.3 Å². The van der Waals surface area contributed by atoms with E-state index in [1.807, 2.05) is 29.2 Å². The lowest BCUT2D eigenvalue weighted by Gasteiger charge is -2.35. The highest BCUT2D eigenvalue weighted by atomic mass is 35.5. The molecule has 1 amide bonds. The van der Waals surface area contributed by atoms with Crippen LogP contribution < -0.4 is 10.3 Å². The molecular formula is C22H24ClN5O3. The van der Waals surface area contributed by atoms with Gasteiger partial charge in [0.05, 0.1) is 19.0 Å². The van der Waals surface area contributed by atoms with E-state index < -0.39 is 0 Å². The monoisotopic (exact) mass is 441 g/mol. The lowest BCUT2D eigenvalue weighted by molar-refractivity contribution is -0.133. The zero-order chi connectivity index (χ0) is 21.8. The smallest absolute Gasteiger partial charge is 0.277 e. The molecular weight excluding hydrogens is 418 g/mol. The number of aromatic nitrogens is 3. The zero-order valence-corrected chi connectivity index (χ0v) is 18.1. The molecule has 1 aliphatic rings. The molecule has 0 saturated carbocycles. The number of amides is 1. The third-order valence-electron chi connectivity index (χ3n) is 5.53. The van der Waals surface area contributed by atoms with Crippen molar-refractivity contribution in [1.82, 2.24) is 24.8 Å². The molecule has 0 bridgehead atoms. The number of methoxy groups -OCH3 is 1. The summed E-state index contributed by atoms with van der Waals surface area (Å²) in [5, 5.41) is 9.21. The van der Waals surface area contributed by atoms with Crippen LogP contribution in [-0.4, -0.2) is 64.0 Å². The summed E-state index contributed by atoms with van der Waals surface area (Å²) in [7, 11) is 1.65. The van der Waals surface area contributed by atoms with Crippen molar-refractivity contribution in [3.63, 3.8) is 0 Å². The highest BCUT2D eigenvalue weighted by molar-refractivity contribution is 6.30. The Morgan fingerprint density at radius 2 is 1.90 bits per heavy atom. The molecule has 1 aliphatic heterocycles. The van der Waals surface area contributed by atoms with E-state index in [2.05, 4.69) is 15.2 Å². The fraction of sp³-hybridized carbons (Fsp3) is 0.364. The Bertz CT molecular complexity index is 1140. The second kappa shape index (κ2) is 9.45. The molecule has 2 aromatic carbocycles.